The number of carbonyl (C=O) groups excluding carboxylic acids is 1. The number of ketones is 1. The van der Waals surface area contributed by atoms with Crippen molar-refractivity contribution in [1.29, 1.82) is 0 Å². The highest BCUT2D eigenvalue weighted by atomic mass is 32.2. The van der Waals surface area contributed by atoms with Crippen molar-refractivity contribution in [3.63, 3.8) is 0 Å². The molecular weight excluding hydrogens is 591 g/mol. The fraction of sp³-hybridized carbons (Fsp3) is 0.412. The van der Waals surface area contributed by atoms with Crippen LogP contribution in [0, 0.1) is 11.2 Å². The average molecular weight is 627 g/mol. The molecule has 0 bridgehead atoms. The molecule has 11 heteroatoms. The zero-order valence-corrected chi connectivity index (χ0v) is 26.0. The Balaban J connectivity index is 1.18. The van der Waals surface area contributed by atoms with E-state index in [1.54, 1.807) is 38.2 Å². The number of carbonyl (C=O) groups is 1. The molecule has 0 saturated heterocycles. The van der Waals surface area contributed by atoms with Gasteiger partial charge >= 0.3 is 0 Å². The molecule has 1 aromatic carbocycles. The van der Waals surface area contributed by atoms with Gasteiger partial charge in [-0.3, -0.25) is 14.5 Å². The van der Waals surface area contributed by atoms with E-state index in [1.165, 1.54) is 18.3 Å². The van der Waals surface area contributed by atoms with Crippen molar-refractivity contribution in [3.05, 3.63) is 95.1 Å². The first-order valence-electron chi connectivity index (χ1n) is 15.9. The Morgan fingerprint density at radius 3 is 2.51 bits per heavy atom. The summed E-state index contributed by atoms with van der Waals surface area (Å²) in [5, 5.41) is 8.98. The maximum Gasteiger partial charge on any atom is 0.246 e. The lowest BCUT2D eigenvalue weighted by Crippen LogP contribution is -2.50. The monoisotopic (exact) mass is 626 g/mol. The van der Waals surface area contributed by atoms with Crippen LogP contribution in [-0.4, -0.2) is 55.6 Å². The van der Waals surface area contributed by atoms with Gasteiger partial charge < -0.3 is 0 Å². The minimum atomic E-state index is -3.84. The SMILES string of the molecule is CCN([C@H]1CCC2=Cc3c(cnn3-c3ccc(F)cc3)C[C@]2(C(=O)c2ccc(C3CC3)cn2)C1)S(=O)(=O)c1cnn(C2CC2)c1. The summed E-state index contributed by atoms with van der Waals surface area (Å²) in [5.74, 6) is 0.115. The Labute approximate surface area is 261 Å². The number of rotatable bonds is 9. The van der Waals surface area contributed by atoms with Crippen molar-refractivity contribution >= 4 is 21.9 Å². The van der Waals surface area contributed by atoms with E-state index >= 15 is 0 Å². The molecule has 0 N–H and O–H groups in total. The Morgan fingerprint density at radius 1 is 1.02 bits per heavy atom. The molecule has 3 heterocycles. The second-order valence-electron chi connectivity index (χ2n) is 12.9. The van der Waals surface area contributed by atoms with Gasteiger partial charge in [-0.2, -0.15) is 14.5 Å². The molecule has 0 unspecified atom stereocenters. The number of pyridine rings is 1. The third-order valence-electron chi connectivity index (χ3n) is 10.0. The molecule has 3 fully saturated rings. The summed E-state index contributed by atoms with van der Waals surface area (Å²) >= 11 is 0. The van der Waals surface area contributed by atoms with Crippen LogP contribution in [0.15, 0.2) is 71.7 Å². The predicted molar refractivity (Wildman–Crippen MR) is 166 cm³/mol. The maximum atomic E-state index is 14.7. The molecule has 0 aliphatic heterocycles. The number of Topliss-reactive ketones (excluding diaryl/α,β-unsaturated/α-hetero) is 1. The van der Waals surface area contributed by atoms with Crippen LogP contribution in [-0.2, 0) is 16.4 Å². The van der Waals surface area contributed by atoms with Crippen molar-refractivity contribution in [2.24, 2.45) is 5.41 Å². The number of fused-ring (bicyclic) bond motifs is 2. The summed E-state index contributed by atoms with van der Waals surface area (Å²) in [6, 6.07) is 9.93. The van der Waals surface area contributed by atoms with Gasteiger partial charge in [-0.1, -0.05) is 18.6 Å². The number of halogens is 1. The van der Waals surface area contributed by atoms with Crippen molar-refractivity contribution in [1.82, 2.24) is 28.9 Å². The van der Waals surface area contributed by atoms with E-state index < -0.39 is 15.4 Å². The third kappa shape index (κ3) is 4.87. The van der Waals surface area contributed by atoms with Crippen LogP contribution in [0.2, 0.25) is 0 Å². The van der Waals surface area contributed by atoms with Gasteiger partial charge in [-0.05, 0) is 105 Å². The van der Waals surface area contributed by atoms with Gasteiger partial charge in [-0.25, -0.2) is 17.5 Å². The van der Waals surface area contributed by atoms with E-state index in [0.717, 1.165) is 53.8 Å². The minimum absolute atomic E-state index is 0.0871. The van der Waals surface area contributed by atoms with Crippen molar-refractivity contribution in [2.75, 3.05) is 6.54 Å². The van der Waals surface area contributed by atoms with E-state index in [-0.39, 0.29) is 35.1 Å². The van der Waals surface area contributed by atoms with Gasteiger partial charge in [0.25, 0.3) is 0 Å². The molecule has 4 aromatic rings. The summed E-state index contributed by atoms with van der Waals surface area (Å²) in [6.45, 7) is 2.14. The van der Waals surface area contributed by atoms with Crippen molar-refractivity contribution < 1.29 is 17.6 Å². The van der Waals surface area contributed by atoms with E-state index in [9.17, 15) is 17.6 Å². The molecule has 0 spiro atoms. The van der Waals surface area contributed by atoms with Crippen LogP contribution in [0.1, 0.15) is 91.1 Å². The third-order valence-corrected chi connectivity index (χ3v) is 12.0. The van der Waals surface area contributed by atoms with E-state index in [1.807, 2.05) is 31.3 Å². The number of hydrogen-bond acceptors (Lipinski definition) is 6. The van der Waals surface area contributed by atoms with Crippen molar-refractivity contribution in [3.8, 4) is 5.69 Å². The second-order valence-corrected chi connectivity index (χ2v) is 14.8. The molecule has 4 aliphatic rings. The molecule has 8 rings (SSSR count). The Bertz CT molecular complexity index is 1920. The van der Waals surface area contributed by atoms with Gasteiger partial charge in [0, 0.05) is 25.0 Å². The molecule has 232 valence electrons. The van der Waals surface area contributed by atoms with Crippen LogP contribution in [0.25, 0.3) is 11.8 Å². The first-order valence-corrected chi connectivity index (χ1v) is 17.3. The average Bonchev–Trinajstić information content (AvgIpc) is 3.99. The van der Waals surface area contributed by atoms with Crippen LogP contribution < -0.4 is 0 Å². The van der Waals surface area contributed by atoms with E-state index in [2.05, 4.69) is 15.2 Å². The van der Waals surface area contributed by atoms with Gasteiger partial charge in [0.2, 0.25) is 10.0 Å². The molecule has 45 heavy (non-hydrogen) atoms. The lowest BCUT2D eigenvalue weighted by molar-refractivity contribution is 0.0739. The topological polar surface area (TPSA) is 103 Å². The largest absolute Gasteiger partial charge is 0.291 e. The molecule has 0 radical (unpaired) electrons. The Hall–Kier alpha value is -3.96. The first-order chi connectivity index (χ1) is 21.8. The van der Waals surface area contributed by atoms with Crippen LogP contribution in [0.5, 0.6) is 0 Å². The second kappa shape index (κ2) is 10.6. The highest BCUT2D eigenvalue weighted by Crippen LogP contribution is 2.51. The Kier molecular flexibility index (Phi) is 6.69. The molecule has 4 aliphatic carbocycles. The van der Waals surface area contributed by atoms with Crippen molar-refractivity contribution in [2.45, 2.75) is 81.2 Å². The fourth-order valence-electron chi connectivity index (χ4n) is 7.31. The fourth-order valence-corrected chi connectivity index (χ4v) is 8.92. The zero-order chi connectivity index (χ0) is 30.9. The molecular formula is C34H35FN6O3S. The quantitative estimate of drug-likeness (QED) is 0.215. The normalized spacial score (nSPS) is 23.0. The standard InChI is InChI=1S/C34H35FN6O3S/c1-2-40(45(43,44)30-20-37-39(21-30)27-12-13-27)29-9-6-25-15-32-24(19-38-41(32)28-10-7-26(35)8-11-28)16-34(25,17-29)33(42)31-14-5-23(18-36-31)22-3-4-22/h5,7-8,10-11,14-15,18-22,27,29H,2-4,6,9,12-13,16-17H2,1H3/t29-,34-/m0/s1. The molecule has 3 aromatic heterocycles. The van der Waals surface area contributed by atoms with E-state index in [0.29, 0.717) is 37.3 Å². The smallest absolute Gasteiger partial charge is 0.246 e. The predicted octanol–water partition coefficient (Wildman–Crippen LogP) is 5.89. The van der Waals surface area contributed by atoms with Crippen LogP contribution in [0.4, 0.5) is 4.39 Å². The Morgan fingerprint density at radius 2 is 1.82 bits per heavy atom. The number of hydrogen-bond donors (Lipinski definition) is 0. The van der Waals surface area contributed by atoms with Gasteiger partial charge in [0.1, 0.15) is 16.4 Å². The maximum absolute atomic E-state index is 14.7. The summed E-state index contributed by atoms with van der Waals surface area (Å²) in [4.78, 5) is 19.5. The number of nitrogens with zero attached hydrogens (tertiary/aromatic N) is 6. The molecule has 3 saturated carbocycles. The van der Waals surface area contributed by atoms with E-state index in [4.69, 9.17) is 0 Å². The zero-order valence-electron chi connectivity index (χ0n) is 25.1. The summed E-state index contributed by atoms with van der Waals surface area (Å²) in [5.41, 5.74) is 4.03. The highest BCUT2D eigenvalue weighted by molar-refractivity contribution is 7.89. The summed E-state index contributed by atoms with van der Waals surface area (Å²) in [6.07, 6.45) is 14.9. The van der Waals surface area contributed by atoms with Gasteiger partial charge in [0.05, 0.1) is 35.2 Å². The molecule has 9 nitrogen and oxygen atoms in total. The lowest BCUT2D eigenvalue weighted by atomic mass is 9.60. The van der Waals surface area contributed by atoms with Gasteiger partial charge in [0.15, 0.2) is 5.78 Å². The number of sulfonamides is 1. The first kappa shape index (κ1) is 28.5. The van der Waals surface area contributed by atoms with Gasteiger partial charge in [-0.15, -0.1) is 0 Å². The minimum Gasteiger partial charge on any atom is -0.291 e. The lowest BCUT2D eigenvalue weighted by Gasteiger charge is -2.46. The highest BCUT2D eigenvalue weighted by Gasteiger charge is 2.51. The summed E-state index contributed by atoms with van der Waals surface area (Å²) in [7, 11) is -3.84. The number of benzene rings is 1. The number of aromatic nitrogens is 5. The summed E-state index contributed by atoms with van der Waals surface area (Å²) < 4.78 is 46.9. The number of allylic oxidation sites excluding steroid dienone is 1. The molecule has 0 amide bonds. The van der Waals surface area contributed by atoms with Crippen LogP contribution >= 0.6 is 0 Å². The molecule has 2 atom stereocenters. The van der Waals surface area contributed by atoms with Crippen LogP contribution in [0.3, 0.4) is 0 Å².